The molecular formula is C33H40ClN3O4S. The van der Waals surface area contributed by atoms with Gasteiger partial charge in [-0.25, -0.2) is 8.42 Å². The van der Waals surface area contributed by atoms with E-state index < -0.39 is 28.5 Å². The first-order valence-corrected chi connectivity index (χ1v) is 16.3. The number of halogens is 1. The molecule has 0 unspecified atom stereocenters. The number of sulfonamides is 1. The molecule has 0 aromatic heterocycles. The number of hydrogen-bond acceptors (Lipinski definition) is 4. The summed E-state index contributed by atoms with van der Waals surface area (Å²) >= 11 is 6.32. The van der Waals surface area contributed by atoms with Gasteiger partial charge in [0.15, 0.2) is 0 Å². The summed E-state index contributed by atoms with van der Waals surface area (Å²) in [5.74, 6) is -0.684. The number of aryl methyl sites for hydroxylation is 3. The van der Waals surface area contributed by atoms with E-state index >= 15 is 0 Å². The summed E-state index contributed by atoms with van der Waals surface area (Å²) in [6.45, 7) is 7.19. The van der Waals surface area contributed by atoms with Crippen molar-refractivity contribution < 1.29 is 18.0 Å². The van der Waals surface area contributed by atoms with Crippen molar-refractivity contribution in [2.75, 3.05) is 10.8 Å². The first-order valence-electron chi connectivity index (χ1n) is 14.5. The monoisotopic (exact) mass is 609 g/mol. The van der Waals surface area contributed by atoms with Crippen LogP contribution in [0.25, 0.3) is 0 Å². The predicted octanol–water partition coefficient (Wildman–Crippen LogP) is 6.33. The minimum atomic E-state index is -4.16. The third kappa shape index (κ3) is 7.53. The molecule has 1 fully saturated rings. The first-order chi connectivity index (χ1) is 20.0. The first kappa shape index (κ1) is 31.6. The number of nitrogens with zero attached hydrogens (tertiary/aromatic N) is 2. The van der Waals surface area contributed by atoms with Crippen molar-refractivity contribution in [3.8, 4) is 0 Å². The van der Waals surface area contributed by atoms with Gasteiger partial charge in [0.25, 0.3) is 10.0 Å². The molecule has 1 N–H and O–H groups in total. The van der Waals surface area contributed by atoms with Crippen LogP contribution in [0.4, 0.5) is 5.69 Å². The molecule has 2 amide bonds. The summed E-state index contributed by atoms with van der Waals surface area (Å²) in [6.07, 6.45) is 4.36. The Balaban J connectivity index is 1.74. The smallest absolute Gasteiger partial charge is 0.264 e. The molecule has 0 heterocycles. The summed E-state index contributed by atoms with van der Waals surface area (Å²) in [4.78, 5) is 29.4. The van der Waals surface area contributed by atoms with E-state index in [4.69, 9.17) is 11.6 Å². The molecule has 4 rings (SSSR count). The Morgan fingerprint density at radius 1 is 0.929 bits per heavy atom. The number of anilines is 1. The standard InChI is InChI=1S/C33H40ClN3O4S/c1-5-30(33(39)35-28-8-6-7-9-28)36(21-26-15-10-23(2)11-16-26)32(38)22-37(31-20-27(34)17-14-25(31)4)42(40,41)29-18-12-24(3)13-19-29/h10-20,28,30H,5-9,21-22H2,1-4H3,(H,35,39)/t30-/m1/s1. The van der Waals surface area contributed by atoms with Crippen molar-refractivity contribution in [1.82, 2.24) is 10.2 Å². The highest BCUT2D eigenvalue weighted by Crippen LogP contribution is 2.30. The fourth-order valence-corrected chi connectivity index (χ4v) is 7.02. The van der Waals surface area contributed by atoms with Crippen molar-refractivity contribution in [2.24, 2.45) is 0 Å². The van der Waals surface area contributed by atoms with E-state index in [0.29, 0.717) is 22.7 Å². The van der Waals surface area contributed by atoms with Gasteiger partial charge in [-0.3, -0.25) is 13.9 Å². The van der Waals surface area contributed by atoms with E-state index in [1.807, 2.05) is 45.0 Å². The molecule has 0 aliphatic heterocycles. The number of rotatable bonds is 11. The largest absolute Gasteiger partial charge is 0.352 e. The van der Waals surface area contributed by atoms with Crippen molar-refractivity contribution >= 4 is 39.1 Å². The van der Waals surface area contributed by atoms with E-state index in [-0.39, 0.29) is 23.4 Å². The van der Waals surface area contributed by atoms with E-state index in [2.05, 4.69) is 5.32 Å². The second-order valence-corrected chi connectivity index (χ2v) is 13.5. The Labute approximate surface area is 254 Å². The van der Waals surface area contributed by atoms with Crippen molar-refractivity contribution in [3.63, 3.8) is 0 Å². The lowest BCUT2D eigenvalue weighted by Crippen LogP contribution is -2.53. The normalized spacial score (nSPS) is 14.4. The Hall–Kier alpha value is -3.36. The molecule has 7 nitrogen and oxygen atoms in total. The average molecular weight is 610 g/mol. The van der Waals surface area contributed by atoms with Gasteiger partial charge >= 0.3 is 0 Å². The molecule has 42 heavy (non-hydrogen) atoms. The van der Waals surface area contributed by atoms with Crippen LogP contribution in [0.1, 0.15) is 61.3 Å². The zero-order valence-electron chi connectivity index (χ0n) is 24.8. The lowest BCUT2D eigenvalue weighted by atomic mass is 10.1. The lowest BCUT2D eigenvalue weighted by Gasteiger charge is -2.34. The Morgan fingerprint density at radius 3 is 2.12 bits per heavy atom. The maximum atomic E-state index is 14.3. The zero-order valence-corrected chi connectivity index (χ0v) is 26.3. The highest BCUT2D eigenvalue weighted by molar-refractivity contribution is 7.92. The summed E-state index contributed by atoms with van der Waals surface area (Å²) in [6, 6.07) is 18.6. The molecule has 1 aliphatic rings. The molecule has 1 atom stereocenters. The lowest BCUT2D eigenvalue weighted by molar-refractivity contribution is -0.140. The van der Waals surface area contributed by atoms with E-state index in [1.54, 1.807) is 37.3 Å². The Morgan fingerprint density at radius 2 is 1.52 bits per heavy atom. The second-order valence-electron chi connectivity index (χ2n) is 11.2. The zero-order chi connectivity index (χ0) is 30.4. The topological polar surface area (TPSA) is 86.8 Å². The summed E-state index contributed by atoms with van der Waals surface area (Å²) in [5, 5.41) is 3.49. The minimum absolute atomic E-state index is 0.0661. The number of benzene rings is 3. The van der Waals surface area contributed by atoms with E-state index in [1.165, 1.54) is 17.0 Å². The second kappa shape index (κ2) is 13.7. The van der Waals surface area contributed by atoms with Gasteiger partial charge in [0.1, 0.15) is 12.6 Å². The van der Waals surface area contributed by atoms with Gasteiger partial charge in [0.05, 0.1) is 10.6 Å². The van der Waals surface area contributed by atoms with Gasteiger partial charge in [-0.1, -0.05) is 85.0 Å². The Kier molecular flexibility index (Phi) is 10.3. The molecule has 3 aromatic carbocycles. The molecule has 1 aliphatic carbocycles. The van der Waals surface area contributed by atoms with Gasteiger partial charge in [0.2, 0.25) is 11.8 Å². The van der Waals surface area contributed by atoms with Crippen LogP contribution in [-0.4, -0.2) is 43.8 Å². The fourth-order valence-electron chi connectivity index (χ4n) is 5.38. The van der Waals surface area contributed by atoms with Crippen LogP contribution >= 0.6 is 11.6 Å². The fraction of sp³-hybridized carbons (Fsp3) is 0.394. The SMILES string of the molecule is CC[C@H](C(=O)NC1CCCC1)N(Cc1ccc(C)cc1)C(=O)CN(c1cc(Cl)ccc1C)S(=O)(=O)c1ccc(C)cc1. The highest BCUT2D eigenvalue weighted by Gasteiger charge is 2.35. The molecule has 9 heteroatoms. The molecule has 224 valence electrons. The molecule has 0 bridgehead atoms. The number of carbonyl (C=O) groups excluding carboxylic acids is 2. The maximum absolute atomic E-state index is 14.3. The quantitative estimate of drug-likeness (QED) is 0.275. The number of amides is 2. The van der Waals surface area contributed by atoms with Crippen LogP contribution in [0.15, 0.2) is 71.6 Å². The number of hydrogen-bond donors (Lipinski definition) is 1. The van der Waals surface area contributed by atoms with E-state index in [9.17, 15) is 18.0 Å². The van der Waals surface area contributed by atoms with Crippen LogP contribution in [0.3, 0.4) is 0 Å². The Bertz CT molecular complexity index is 1500. The third-order valence-corrected chi connectivity index (χ3v) is 9.90. The van der Waals surface area contributed by atoms with Gasteiger partial charge in [-0.15, -0.1) is 0 Å². The van der Waals surface area contributed by atoms with E-state index in [0.717, 1.165) is 46.7 Å². The molecule has 0 spiro atoms. The predicted molar refractivity (Wildman–Crippen MR) is 168 cm³/mol. The number of carbonyl (C=O) groups is 2. The number of nitrogens with one attached hydrogen (secondary N) is 1. The van der Waals surface area contributed by atoms with Crippen molar-refractivity contribution in [1.29, 1.82) is 0 Å². The van der Waals surface area contributed by atoms with Crippen LogP contribution in [0.2, 0.25) is 5.02 Å². The van der Waals surface area contributed by atoms with Crippen LogP contribution in [-0.2, 0) is 26.2 Å². The van der Waals surface area contributed by atoms with Gasteiger partial charge < -0.3 is 10.2 Å². The summed E-state index contributed by atoms with van der Waals surface area (Å²) in [5.41, 5.74) is 3.82. The summed E-state index contributed by atoms with van der Waals surface area (Å²) < 4.78 is 29.3. The third-order valence-electron chi connectivity index (χ3n) is 7.89. The average Bonchev–Trinajstić information content (AvgIpc) is 3.47. The minimum Gasteiger partial charge on any atom is -0.352 e. The summed E-state index contributed by atoms with van der Waals surface area (Å²) in [7, 11) is -4.16. The molecule has 3 aromatic rings. The van der Waals surface area contributed by atoms with Crippen LogP contribution in [0.5, 0.6) is 0 Å². The molecular weight excluding hydrogens is 570 g/mol. The van der Waals surface area contributed by atoms with Crippen LogP contribution in [0, 0.1) is 20.8 Å². The van der Waals surface area contributed by atoms with Crippen molar-refractivity contribution in [2.45, 2.75) is 83.3 Å². The van der Waals surface area contributed by atoms with Crippen LogP contribution < -0.4 is 9.62 Å². The highest BCUT2D eigenvalue weighted by atomic mass is 35.5. The van der Waals surface area contributed by atoms with Crippen molar-refractivity contribution in [3.05, 3.63) is 94.0 Å². The van der Waals surface area contributed by atoms with Gasteiger partial charge in [-0.05, 0) is 75.4 Å². The molecule has 0 radical (unpaired) electrons. The maximum Gasteiger partial charge on any atom is 0.264 e. The molecule has 1 saturated carbocycles. The van der Waals surface area contributed by atoms with Gasteiger partial charge in [-0.2, -0.15) is 0 Å². The van der Waals surface area contributed by atoms with Gasteiger partial charge in [0, 0.05) is 17.6 Å². The molecule has 0 saturated heterocycles.